The molecule has 5 nitrogen and oxygen atoms in total. The van der Waals surface area contributed by atoms with Crippen LogP contribution in [0.3, 0.4) is 0 Å². The highest BCUT2D eigenvalue weighted by Crippen LogP contribution is 2.24. The zero-order valence-corrected chi connectivity index (χ0v) is 14.4. The summed E-state index contributed by atoms with van der Waals surface area (Å²) in [7, 11) is 0. The molecule has 0 heterocycles. The van der Waals surface area contributed by atoms with Crippen molar-refractivity contribution in [2.75, 3.05) is 5.32 Å². The molecule has 2 aromatic carbocycles. The molecule has 0 spiro atoms. The van der Waals surface area contributed by atoms with E-state index in [4.69, 9.17) is 5.73 Å². The Hall–Kier alpha value is -2.73. The second kappa shape index (κ2) is 8.10. The number of nitrogens with one attached hydrogen (secondary N) is 2. The molecule has 2 amide bonds. The summed E-state index contributed by atoms with van der Waals surface area (Å²) >= 11 is 0. The SMILES string of the molecule is NC1CCC(C(=O)NCc2cccc(NC(=O)c3ccc(F)cc3)c2)C1. The third kappa shape index (κ3) is 4.67. The van der Waals surface area contributed by atoms with Gasteiger partial charge in [0.05, 0.1) is 0 Å². The molecule has 0 saturated heterocycles. The molecule has 1 fully saturated rings. The molecular weight excluding hydrogens is 333 g/mol. The zero-order valence-electron chi connectivity index (χ0n) is 14.4. The number of amides is 2. The average Bonchev–Trinajstić information content (AvgIpc) is 3.07. The molecule has 0 radical (unpaired) electrons. The lowest BCUT2D eigenvalue weighted by molar-refractivity contribution is -0.125. The normalized spacial score (nSPS) is 19.2. The van der Waals surface area contributed by atoms with Crippen LogP contribution < -0.4 is 16.4 Å². The molecule has 6 heteroatoms. The summed E-state index contributed by atoms with van der Waals surface area (Å²) in [5.74, 6) is -0.682. The molecule has 1 aliphatic rings. The van der Waals surface area contributed by atoms with Crippen LogP contribution in [0.5, 0.6) is 0 Å². The van der Waals surface area contributed by atoms with E-state index in [1.807, 2.05) is 18.2 Å². The van der Waals surface area contributed by atoms with Gasteiger partial charge < -0.3 is 16.4 Å². The molecule has 4 N–H and O–H groups in total. The Balaban J connectivity index is 1.56. The summed E-state index contributed by atoms with van der Waals surface area (Å²) in [6, 6.07) is 12.7. The predicted octanol–water partition coefficient (Wildman–Crippen LogP) is 2.82. The van der Waals surface area contributed by atoms with Gasteiger partial charge in [0.15, 0.2) is 0 Å². The highest BCUT2D eigenvalue weighted by atomic mass is 19.1. The second-order valence-corrected chi connectivity index (χ2v) is 6.65. The van der Waals surface area contributed by atoms with Gasteiger partial charge in [-0.1, -0.05) is 12.1 Å². The Bertz CT molecular complexity index is 792. The number of hydrogen-bond donors (Lipinski definition) is 3. The third-order valence-electron chi connectivity index (χ3n) is 4.60. The Kier molecular flexibility index (Phi) is 5.63. The molecule has 2 unspecified atom stereocenters. The number of carbonyl (C=O) groups is 2. The number of halogens is 1. The molecule has 2 atom stereocenters. The van der Waals surface area contributed by atoms with Gasteiger partial charge in [-0.25, -0.2) is 4.39 Å². The van der Waals surface area contributed by atoms with E-state index in [1.165, 1.54) is 24.3 Å². The summed E-state index contributed by atoms with van der Waals surface area (Å²) in [5, 5.41) is 5.71. The van der Waals surface area contributed by atoms with Crippen LogP contribution in [0.1, 0.15) is 35.2 Å². The minimum absolute atomic E-state index is 0.00800. The van der Waals surface area contributed by atoms with Gasteiger partial charge in [0, 0.05) is 29.8 Å². The monoisotopic (exact) mass is 355 g/mol. The van der Waals surface area contributed by atoms with Gasteiger partial charge in [-0.2, -0.15) is 0 Å². The van der Waals surface area contributed by atoms with Crippen molar-refractivity contribution in [2.24, 2.45) is 11.7 Å². The fourth-order valence-corrected chi connectivity index (χ4v) is 3.15. The van der Waals surface area contributed by atoms with E-state index in [1.54, 1.807) is 6.07 Å². The van der Waals surface area contributed by atoms with Crippen LogP contribution in [0, 0.1) is 11.7 Å². The van der Waals surface area contributed by atoms with Gasteiger partial charge in [0.2, 0.25) is 5.91 Å². The standard InChI is InChI=1S/C20H22FN3O2/c21-16-7-4-14(5-8-16)20(26)24-18-3-1-2-13(10-18)12-23-19(25)15-6-9-17(22)11-15/h1-5,7-8,10,15,17H,6,9,11-12,22H2,(H,23,25)(H,24,26). The summed E-state index contributed by atoms with van der Waals surface area (Å²) in [6.45, 7) is 0.394. The van der Waals surface area contributed by atoms with Crippen molar-refractivity contribution in [1.29, 1.82) is 0 Å². The number of hydrogen-bond acceptors (Lipinski definition) is 3. The van der Waals surface area contributed by atoms with E-state index in [2.05, 4.69) is 10.6 Å². The number of carbonyl (C=O) groups excluding carboxylic acids is 2. The lowest BCUT2D eigenvalue weighted by Crippen LogP contribution is -2.30. The molecule has 26 heavy (non-hydrogen) atoms. The number of anilines is 1. The Morgan fingerprint density at radius 1 is 1.12 bits per heavy atom. The van der Waals surface area contributed by atoms with Gasteiger partial charge in [-0.3, -0.25) is 9.59 Å². The summed E-state index contributed by atoms with van der Waals surface area (Å²) in [6.07, 6.45) is 2.46. The second-order valence-electron chi connectivity index (χ2n) is 6.65. The molecule has 0 bridgehead atoms. The molecular formula is C20H22FN3O2. The van der Waals surface area contributed by atoms with Crippen molar-refractivity contribution in [3.05, 3.63) is 65.5 Å². The van der Waals surface area contributed by atoms with Crippen LogP contribution in [-0.4, -0.2) is 17.9 Å². The summed E-state index contributed by atoms with van der Waals surface area (Å²) < 4.78 is 12.9. The van der Waals surface area contributed by atoms with Crippen LogP contribution in [0.25, 0.3) is 0 Å². The van der Waals surface area contributed by atoms with E-state index in [-0.39, 0.29) is 29.6 Å². The largest absolute Gasteiger partial charge is 0.352 e. The Morgan fingerprint density at radius 3 is 2.58 bits per heavy atom. The molecule has 1 saturated carbocycles. The van der Waals surface area contributed by atoms with E-state index >= 15 is 0 Å². The van der Waals surface area contributed by atoms with Crippen molar-refractivity contribution in [3.63, 3.8) is 0 Å². The molecule has 1 aliphatic carbocycles. The Labute approximate surface area is 151 Å². The van der Waals surface area contributed by atoms with E-state index in [0.717, 1.165) is 24.8 Å². The maximum Gasteiger partial charge on any atom is 0.255 e. The van der Waals surface area contributed by atoms with Crippen molar-refractivity contribution in [3.8, 4) is 0 Å². The van der Waals surface area contributed by atoms with Crippen LogP contribution in [0.15, 0.2) is 48.5 Å². The van der Waals surface area contributed by atoms with Crippen molar-refractivity contribution < 1.29 is 14.0 Å². The zero-order chi connectivity index (χ0) is 18.5. The first-order valence-corrected chi connectivity index (χ1v) is 8.70. The smallest absolute Gasteiger partial charge is 0.255 e. The maximum absolute atomic E-state index is 12.9. The minimum atomic E-state index is -0.387. The van der Waals surface area contributed by atoms with Gasteiger partial charge in [0.1, 0.15) is 5.82 Å². The van der Waals surface area contributed by atoms with Crippen molar-refractivity contribution in [2.45, 2.75) is 31.8 Å². The first-order valence-electron chi connectivity index (χ1n) is 8.70. The fraction of sp³-hybridized carbons (Fsp3) is 0.300. The lowest BCUT2D eigenvalue weighted by Gasteiger charge is -2.12. The average molecular weight is 355 g/mol. The first-order chi connectivity index (χ1) is 12.5. The van der Waals surface area contributed by atoms with E-state index in [0.29, 0.717) is 17.8 Å². The maximum atomic E-state index is 12.9. The minimum Gasteiger partial charge on any atom is -0.352 e. The lowest BCUT2D eigenvalue weighted by atomic mass is 10.1. The van der Waals surface area contributed by atoms with Gasteiger partial charge in [0.25, 0.3) is 5.91 Å². The van der Waals surface area contributed by atoms with E-state index < -0.39 is 0 Å². The molecule has 3 rings (SSSR count). The quantitative estimate of drug-likeness (QED) is 0.771. The molecule has 0 aromatic heterocycles. The summed E-state index contributed by atoms with van der Waals surface area (Å²) in [5.41, 5.74) is 7.74. The molecule has 2 aromatic rings. The number of rotatable bonds is 5. The van der Waals surface area contributed by atoms with Gasteiger partial charge in [-0.15, -0.1) is 0 Å². The highest BCUT2D eigenvalue weighted by Gasteiger charge is 2.27. The molecule has 136 valence electrons. The summed E-state index contributed by atoms with van der Waals surface area (Å²) in [4.78, 5) is 24.4. The fourth-order valence-electron chi connectivity index (χ4n) is 3.15. The van der Waals surface area contributed by atoms with Crippen LogP contribution in [-0.2, 0) is 11.3 Å². The van der Waals surface area contributed by atoms with Crippen LogP contribution >= 0.6 is 0 Å². The highest BCUT2D eigenvalue weighted by molar-refractivity contribution is 6.04. The predicted molar refractivity (Wildman–Crippen MR) is 98.0 cm³/mol. The van der Waals surface area contributed by atoms with Crippen molar-refractivity contribution in [1.82, 2.24) is 5.32 Å². The van der Waals surface area contributed by atoms with Gasteiger partial charge in [-0.05, 0) is 61.2 Å². The van der Waals surface area contributed by atoms with Gasteiger partial charge >= 0.3 is 0 Å². The number of nitrogens with two attached hydrogens (primary N) is 1. The van der Waals surface area contributed by atoms with Crippen LogP contribution in [0.4, 0.5) is 10.1 Å². The molecule has 0 aliphatic heterocycles. The van der Waals surface area contributed by atoms with E-state index in [9.17, 15) is 14.0 Å². The van der Waals surface area contributed by atoms with Crippen LogP contribution in [0.2, 0.25) is 0 Å². The number of benzene rings is 2. The first kappa shape index (κ1) is 18.1. The topological polar surface area (TPSA) is 84.2 Å². The van der Waals surface area contributed by atoms with Crippen molar-refractivity contribution >= 4 is 17.5 Å². The Morgan fingerprint density at radius 2 is 1.88 bits per heavy atom. The third-order valence-corrected chi connectivity index (χ3v) is 4.60.